The Morgan fingerprint density at radius 3 is 2.38 bits per heavy atom. The van der Waals surface area contributed by atoms with Gasteiger partial charge in [0, 0.05) is 13.1 Å². The molecule has 1 saturated heterocycles. The molecule has 2 aromatic carbocycles. The molecule has 3 rings (SSSR count). The third-order valence-corrected chi connectivity index (χ3v) is 4.72. The number of hydrogen-bond donors (Lipinski definition) is 1. The van der Waals surface area contributed by atoms with E-state index in [1.165, 1.54) is 36.4 Å². The van der Waals surface area contributed by atoms with Gasteiger partial charge in [-0.3, -0.25) is 0 Å². The molecule has 1 N–H and O–H groups in total. The van der Waals surface area contributed by atoms with Gasteiger partial charge in [0.1, 0.15) is 12.2 Å². The van der Waals surface area contributed by atoms with Gasteiger partial charge in [-0.15, -0.1) is 5.06 Å². The number of benzene rings is 2. The van der Waals surface area contributed by atoms with Crippen LogP contribution < -0.4 is 4.74 Å². The van der Waals surface area contributed by atoms with Gasteiger partial charge in [0.2, 0.25) is 0 Å². The summed E-state index contributed by atoms with van der Waals surface area (Å²) in [6.07, 6.45) is 0.577. The average Bonchev–Trinajstić information content (AvgIpc) is 2.74. The van der Waals surface area contributed by atoms with Gasteiger partial charge < -0.3 is 19.4 Å². The van der Waals surface area contributed by atoms with Gasteiger partial charge in [-0.2, -0.15) is 0 Å². The Hall–Kier alpha value is -2.97. The SMILES string of the molecule is COC(=O)c1cccc(C(=O)ON2CCC(O)(COc3ccccc3F)CC2)c1. The standard InChI is InChI=1S/C21H22FNO6/c1-27-19(24)15-5-4-6-16(13-15)20(25)29-23-11-9-21(26,10-12-23)14-28-18-8-3-2-7-17(18)22/h2-8,13,26H,9-12,14H2,1H3. The van der Waals surface area contributed by atoms with Crippen LogP contribution in [0, 0.1) is 5.82 Å². The van der Waals surface area contributed by atoms with Crippen LogP contribution in [0.25, 0.3) is 0 Å². The number of piperidine rings is 1. The Labute approximate surface area is 167 Å². The monoisotopic (exact) mass is 403 g/mol. The van der Waals surface area contributed by atoms with Crippen LogP contribution in [-0.2, 0) is 9.57 Å². The molecule has 0 bridgehead atoms. The summed E-state index contributed by atoms with van der Waals surface area (Å²) < 4.78 is 23.7. The molecular formula is C21H22FNO6. The Bertz CT molecular complexity index is 879. The van der Waals surface area contributed by atoms with Crippen LogP contribution in [0.4, 0.5) is 4.39 Å². The summed E-state index contributed by atoms with van der Waals surface area (Å²) in [6.45, 7) is 0.524. The van der Waals surface area contributed by atoms with Gasteiger partial charge in [0.25, 0.3) is 0 Å². The normalized spacial score (nSPS) is 16.1. The van der Waals surface area contributed by atoms with Crippen molar-refractivity contribution in [1.82, 2.24) is 5.06 Å². The molecule has 0 spiro atoms. The summed E-state index contributed by atoms with van der Waals surface area (Å²) in [6, 6.07) is 12.0. The Kier molecular flexibility index (Phi) is 6.46. The Balaban J connectivity index is 1.52. The first-order chi connectivity index (χ1) is 13.9. The first-order valence-corrected chi connectivity index (χ1v) is 9.15. The summed E-state index contributed by atoms with van der Waals surface area (Å²) in [7, 11) is 1.26. The first-order valence-electron chi connectivity index (χ1n) is 9.15. The van der Waals surface area contributed by atoms with Crippen LogP contribution >= 0.6 is 0 Å². The lowest BCUT2D eigenvalue weighted by Crippen LogP contribution is -2.48. The van der Waals surface area contributed by atoms with Crippen molar-refractivity contribution in [2.45, 2.75) is 18.4 Å². The number of halogens is 1. The van der Waals surface area contributed by atoms with E-state index in [0.717, 1.165) is 0 Å². The molecule has 154 valence electrons. The molecule has 1 aliphatic rings. The second kappa shape index (κ2) is 9.02. The molecule has 0 radical (unpaired) electrons. The summed E-state index contributed by atoms with van der Waals surface area (Å²) in [5.41, 5.74) is -0.674. The van der Waals surface area contributed by atoms with Gasteiger partial charge in [-0.1, -0.05) is 18.2 Å². The molecule has 1 fully saturated rings. The fourth-order valence-corrected chi connectivity index (χ4v) is 2.97. The molecule has 2 aromatic rings. The molecule has 0 unspecified atom stereocenters. The van der Waals surface area contributed by atoms with E-state index in [-0.39, 0.29) is 36.3 Å². The second-order valence-electron chi connectivity index (χ2n) is 6.82. The number of methoxy groups -OCH3 is 1. The summed E-state index contributed by atoms with van der Waals surface area (Å²) >= 11 is 0. The van der Waals surface area contributed by atoms with Gasteiger partial charge in [0.05, 0.1) is 18.2 Å². The van der Waals surface area contributed by atoms with E-state index >= 15 is 0 Å². The zero-order chi connectivity index (χ0) is 20.9. The van der Waals surface area contributed by atoms with E-state index in [1.807, 2.05) is 0 Å². The van der Waals surface area contributed by atoms with Crippen molar-refractivity contribution in [3.8, 4) is 5.75 Å². The zero-order valence-electron chi connectivity index (χ0n) is 16.0. The second-order valence-corrected chi connectivity index (χ2v) is 6.82. The zero-order valence-corrected chi connectivity index (χ0v) is 16.0. The molecule has 0 amide bonds. The first kappa shape index (κ1) is 20.8. The number of nitrogens with zero attached hydrogens (tertiary/aromatic N) is 1. The fourth-order valence-electron chi connectivity index (χ4n) is 2.97. The highest BCUT2D eigenvalue weighted by Crippen LogP contribution is 2.25. The number of hydrogen-bond acceptors (Lipinski definition) is 7. The number of rotatable bonds is 6. The van der Waals surface area contributed by atoms with Crippen molar-refractivity contribution in [1.29, 1.82) is 0 Å². The quantitative estimate of drug-likeness (QED) is 0.742. The van der Waals surface area contributed by atoms with E-state index in [4.69, 9.17) is 9.57 Å². The van der Waals surface area contributed by atoms with E-state index in [9.17, 15) is 19.1 Å². The van der Waals surface area contributed by atoms with Crippen molar-refractivity contribution in [3.63, 3.8) is 0 Å². The summed E-state index contributed by atoms with van der Waals surface area (Å²) in [5.74, 6) is -1.56. The van der Waals surface area contributed by atoms with Crippen molar-refractivity contribution in [2.24, 2.45) is 0 Å². The molecule has 0 atom stereocenters. The van der Waals surface area contributed by atoms with Gasteiger partial charge in [-0.25, -0.2) is 14.0 Å². The van der Waals surface area contributed by atoms with Crippen LogP contribution in [0.3, 0.4) is 0 Å². The minimum atomic E-state index is -1.14. The number of carbonyl (C=O) groups excluding carboxylic acids is 2. The Morgan fingerprint density at radius 1 is 1.07 bits per heavy atom. The highest BCUT2D eigenvalue weighted by Gasteiger charge is 2.35. The smallest absolute Gasteiger partial charge is 0.357 e. The van der Waals surface area contributed by atoms with Crippen molar-refractivity contribution < 1.29 is 33.4 Å². The molecule has 7 nitrogen and oxygen atoms in total. The third kappa shape index (κ3) is 5.30. The number of aliphatic hydroxyl groups is 1. The maximum absolute atomic E-state index is 13.6. The van der Waals surface area contributed by atoms with E-state index in [1.54, 1.807) is 24.3 Å². The largest absolute Gasteiger partial charge is 0.488 e. The maximum atomic E-state index is 13.6. The lowest BCUT2D eigenvalue weighted by atomic mass is 9.93. The summed E-state index contributed by atoms with van der Waals surface area (Å²) in [5, 5.41) is 12.1. The molecule has 1 aliphatic heterocycles. The van der Waals surface area contributed by atoms with Crippen LogP contribution in [-0.4, -0.2) is 54.5 Å². The molecule has 8 heteroatoms. The van der Waals surface area contributed by atoms with Gasteiger partial charge in [-0.05, 0) is 43.2 Å². The molecule has 0 saturated carbocycles. The van der Waals surface area contributed by atoms with Gasteiger partial charge in [0.15, 0.2) is 11.6 Å². The van der Waals surface area contributed by atoms with Crippen molar-refractivity contribution in [3.05, 3.63) is 65.5 Å². The van der Waals surface area contributed by atoms with Crippen molar-refractivity contribution >= 4 is 11.9 Å². The maximum Gasteiger partial charge on any atom is 0.357 e. The minimum absolute atomic E-state index is 0.0586. The van der Waals surface area contributed by atoms with Crippen LogP contribution in [0.2, 0.25) is 0 Å². The average molecular weight is 403 g/mol. The Morgan fingerprint density at radius 2 is 1.72 bits per heavy atom. The van der Waals surface area contributed by atoms with E-state index in [2.05, 4.69) is 4.74 Å². The molecule has 0 aromatic heterocycles. The number of esters is 1. The number of para-hydroxylation sites is 1. The molecular weight excluding hydrogens is 381 g/mol. The topological polar surface area (TPSA) is 85.3 Å². The molecule has 0 aliphatic carbocycles. The van der Waals surface area contributed by atoms with Crippen molar-refractivity contribution in [2.75, 3.05) is 26.8 Å². The lowest BCUT2D eigenvalue weighted by Gasteiger charge is -2.36. The van der Waals surface area contributed by atoms with Crippen LogP contribution in [0.15, 0.2) is 48.5 Å². The lowest BCUT2D eigenvalue weighted by molar-refractivity contribution is -0.159. The predicted molar refractivity (Wildman–Crippen MR) is 101 cm³/mol. The minimum Gasteiger partial charge on any atom is -0.488 e. The molecule has 29 heavy (non-hydrogen) atoms. The number of ether oxygens (including phenoxy) is 2. The predicted octanol–water partition coefficient (Wildman–Crippen LogP) is 2.59. The molecule has 1 heterocycles. The van der Waals surface area contributed by atoms with Crippen LogP contribution in [0.5, 0.6) is 5.75 Å². The fraction of sp³-hybridized carbons (Fsp3) is 0.333. The van der Waals surface area contributed by atoms with Crippen LogP contribution in [0.1, 0.15) is 33.6 Å². The number of carbonyl (C=O) groups is 2. The third-order valence-electron chi connectivity index (χ3n) is 4.72. The summed E-state index contributed by atoms with van der Waals surface area (Å²) in [4.78, 5) is 29.3. The van der Waals surface area contributed by atoms with E-state index < -0.39 is 23.4 Å². The van der Waals surface area contributed by atoms with E-state index in [0.29, 0.717) is 13.1 Å². The van der Waals surface area contributed by atoms with Gasteiger partial charge >= 0.3 is 11.9 Å². The highest BCUT2D eigenvalue weighted by atomic mass is 19.1. The number of hydroxylamine groups is 2. The highest BCUT2D eigenvalue weighted by molar-refractivity contribution is 5.95.